The van der Waals surface area contributed by atoms with Gasteiger partial charge in [-0.05, 0) is 31.4 Å². The number of aromatic nitrogens is 2. The van der Waals surface area contributed by atoms with E-state index in [9.17, 15) is 9.59 Å². The molecule has 1 fully saturated rings. The molecule has 0 radical (unpaired) electrons. The number of carbonyl (C=O) groups excluding carboxylic acids is 1. The summed E-state index contributed by atoms with van der Waals surface area (Å²) >= 11 is 0. The van der Waals surface area contributed by atoms with E-state index in [1.165, 1.54) is 10.6 Å². The fraction of sp³-hybridized carbons (Fsp3) is 0.471. The van der Waals surface area contributed by atoms with E-state index in [4.69, 9.17) is 9.47 Å². The number of amides is 1. The molecule has 0 bridgehead atoms. The first kappa shape index (κ1) is 16.6. The molecule has 1 unspecified atom stereocenters. The van der Waals surface area contributed by atoms with Gasteiger partial charge < -0.3 is 14.8 Å². The predicted octanol–water partition coefficient (Wildman–Crippen LogP) is 1.01. The Morgan fingerprint density at radius 2 is 2.38 bits per heavy atom. The van der Waals surface area contributed by atoms with Crippen molar-refractivity contribution in [2.45, 2.75) is 25.4 Å². The molecule has 7 nitrogen and oxygen atoms in total. The normalized spacial score (nSPS) is 17.2. The summed E-state index contributed by atoms with van der Waals surface area (Å²) in [7, 11) is 0. The Kier molecular flexibility index (Phi) is 5.55. The highest BCUT2D eigenvalue weighted by Gasteiger charge is 2.15. The first-order valence-electron chi connectivity index (χ1n) is 8.19. The minimum Gasteiger partial charge on any atom is -0.379 e. The first-order valence-corrected chi connectivity index (χ1v) is 8.19. The lowest BCUT2D eigenvalue weighted by Crippen LogP contribution is -2.32. The number of nitrogens with zero attached hydrogens (tertiary/aromatic N) is 2. The predicted molar refractivity (Wildman–Crippen MR) is 88.2 cm³/mol. The van der Waals surface area contributed by atoms with Crippen LogP contribution in [0.5, 0.6) is 0 Å². The van der Waals surface area contributed by atoms with Gasteiger partial charge in [0.2, 0.25) is 0 Å². The van der Waals surface area contributed by atoms with Crippen molar-refractivity contribution in [2.75, 3.05) is 26.4 Å². The van der Waals surface area contributed by atoms with Gasteiger partial charge in [0.05, 0.1) is 12.7 Å². The summed E-state index contributed by atoms with van der Waals surface area (Å²) in [6.45, 7) is 2.42. The summed E-state index contributed by atoms with van der Waals surface area (Å²) in [5.74, 6) is -0.412. The van der Waals surface area contributed by atoms with Gasteiger partial charge >= 0.3 is 0 Å². The Hall–Kier alpha value is -2.25. The molecule has 2 aromatic rings. The molecule has 0 aromatic carbocycles. The van der Waals surface area contributed by atoms with E-state index in [0.717, 1.165) is 19.4 Å². The summed E-state index contributed by atoms with van der Waals surface area (Å²) in [6.07, 6.45) is 5.96. The van der Waals surface area contributed by atoms with E-state index in [2.05, 4.69) is 10.3 Å². The van der Waals surface area contributed by atoms with Gasteiger partial charge in [0, 0.05) is 32.2 Å². The van der Waals surface area contributed by atoms with E-state index >= 15 is 0 Å². The Morgan fingerprint density at radius 3 is 3.21 bits per heavy atom. The fourth-order valence-electron chi connectivity index (χ4n) is 2.64. The van der Waals surface area contributed by atoms with Gasteiger partial charge in [0.1, 0.15) is 11.2 Å². The second-order valence-corrected chi connectivity index (χ2v) is 5.73. The van der Waals surface area contributed by atoms with Crippen LogP contribution in [0.1, 0.15) is 29.6 Å². The second kappa shape index (κ2) is 8.03. The first-order chi connectivity index (χ1) is 11.8. The molecule has 1 aliphatic heterocycles. The van der Waals surface area contributed by atoms with Crippen molar-refractivity contribution in [1.29, 1.82) is 0 Å². The van der Waals surface area contributed by atoms with Crippen LogP contribution in [0, 0.1) is 0 Å². The van der Waals surface area contributed by atoms with E-state index in [1.54, 1.807) is 24.4 Å². The molecule has 0 spiro atoms. The molecule has 0 saturated carbocycles. The highest BCUT2D eigenvalue weighted by atomic mass is 16.5. The van der Waals surface area contributed by atoms with Crippen LogP contribution in [-0.4, -0.2) is 47.8 Å². The maximum absolute atomic E-state index is 12.3. The second-order valence-electron chi connectivity index (χ2n) is 5.73. The van der Waals surface area contributed by atoms with E-state index in [0.29, 0.717) is 31.8 Å². The molecule has 128 valence electrons. The molecule has 3 heterocycles. The average Bonchev–Trinajstić information content (AvgIpc) is 3.12. The summed E-state index contributed by atoms with van der Waals surface area (Å²) in [4.78, 5) is 28.5. The third kappa shape index (κ3) is 3.98. The van der Waals surface area contributed by atoms with Gasteiger partial charge in [0.15, 0.2) is 0 Å². The lowest BCUT2D eigenvalue weighted by Gasteiger charge is -2.10. The smallest absolute Gasteiger partial charge is 0.270 e. The van der Waals surface area contributed by atoms with Crippen molar-refractivity contribution in [2.24, 2.45) is 0 Å². The standard InChI is InChI=1S/C17H21N3O4/c21-16(18-7-4-9-23-12-13-5-3-10-24-13)14-11-19-15-6-1-2-8-20(15)17(14)22/h1-2,6,8,11,13H,3-5,7,9-10,12H2,(H,18,21). The maximum Gasteiger partial charge on any atom is 0.270 e. The van der Waals surface area contributed by atoms with Crippen LogP contribution in [-0.2, 0) is 9.47 Å². The van der Waals surface area contributed by atoms with Crippen LogP contribution >= 0.6 is 0 Å². The Balaban J connectivity index is 1.45. The zero-order valence-electron chi connectivity index (χ0n) is 13.4. The average molecular weight is 331 g/mol. The minimum absolute atomic E-state index is 0.0407. The molecule has 1 N–H and O–H groups in total. The van der Waals surface area contributed by atoms with Crippen LogP contribution in [0.15, 0.2) is 35.4 Å². The number of nitrogens with one attached hydrogen (secondary N) is 1. The molecule has 0 aliphatic carbocycles. The van der Waals surface area contributed by atoms with Crippen molar-refractivity contribution < 1.29 is 14.3 Å². The molecule has 7 heteroatoms. The topological polar surface area (TPSA) is 81.9 Å². The van der Waals surface area contributed by atoms with E-state index in [1.807, 2.05) is 0 Å². The monoisotopic (exact) mass is 331 g/mol. The lowest BCUT2D eigenvalue weighted by molar-refractivity contribution is 0.0166. The van der Waals surface area contributed by atoms with Crippen LogP contribution in [0.3, 0.4) is 0 Å². The van der Waals surface area contributed by atoms with Crippen molar-refractivity contribution in [3.63, 3.8) is 0 Å². The molecule has 1 aliphatic rings. The highest BCUT2D eigenvalue weighted by molar-refractivity contribution is 5.93. The zero-order valence-corrected chi connectivity index (χ0v) is 13.4. The number of hydrogen-bond acceptors (Lipinski definition) is 5. The molecule has 1 amide bonds. The molecule has 2 aromatic heterocycles. The minimum atomic E-state index is -0.412. The summed E-state index contributed by atoms with van der Waals surface area (Å²) in [5.41, 5.74) is 0.188. The summed E-state index contributed by atoms with van der Waals surface area (Å²) < 4.78 is 12.4. The maximum atomic E-state index is 12.3. The molecular formula is C17H21N3O4. The molecule has 1 atom stereocenters. The molecule has 3 rings (SSSR count). The number of rotatable bonds is 7. The lowest BCUT2D eigenvalue weighted by atomic mass is 10.2. The highest BCUT2D eigenvalue weighted by Crippen LogP contribution is 2.11. The summed E-state index contributed by atoms with van der Waals surface area (Å²) in [6, 6.07) is 5.23. The zero-order chi connectivity index (χ0) is 16.8. The molecule has 24 heavy (non-hydrogen) atoms. The van der Waals surface area contributed by atoms with Crippen LogP contribution < -0.4 is 10.9 Å². The van der Waals surface area contributed by atoms with Gasteiger partial charge in [-0.2, -0.15) is 0 Å². The number of ether oxygens (including phenoxy) is 2. The molecular weight excluding hydrogens is 310 g/mol. The quantitative estimate of drug-likeness (QED) is 0.766. The van der Waals surface area contributed by atoms with E-state index in [-0.39, 0.29) is 17.2 Å². The number of hydrogen-bond donors (Lipinski definition) is 1. The van der Waals surface area contributed by atoms with E-state index < -0.39 is 5.91 Å². The van der Waals surface area contributed by atoms with Gasteiger partial charge in [-0.15, -0.1) is 0 Å². The number of fused-ring (bicyclic) bond motifs is 1. The van der Waals surface area contributed by atoms with Crippen LogP contribution in [0.2, 0.25) is 0 Å². The van der Waals surface area contributed by atoms with Crippen LogP contribution in [0.25, 0.3) is 5.65 Å². The molecule has 1 saturated heterocycles. The van der Waals surface area contributed by atoms with Crippen molar-refractivity contribution in [3.8, 4) is 0 Å². The van der Waals surface area contributed by atoms with Crippen molar-refractivity contribution in [3.05, 3.63) is 46.5 Å². The number of pyridine rings is 1. The third-order valence-electron chi connectivity index (χ3n) is 3.94. The largest absolute Gasteiger partial charge is 0.379 e. The Bertz CT molecular complexity index is 753. The van der Waals surface area contributed by atoms with Crippen molar-refractivity contribution in [1.82, 2.24) is 14.7 Å². The van der Waals surface area contributed by atoms with Gasteiger partial charge in [-0.1, -0.05) is 6.07 Å². The van der Waals surface area contributed by atoms with Crippen molar-refractivity contribution >= 4 is 11.6 Å². The van der Waals surface area contributed by atoms with Gasteiger partial charge in [0.25, 0.3) is 11.5 Å². The Morgan fingerprint density at radius 1 is 1.46 bits per heavy atom. The number of carbonyl (C=O) groups is 1. The Labute approximate surface area is 139 Å². The SMILES string of the molecule is O=C(NCCCOCC1CCCO1)c1cnc2ccccn2c1=O. The van der Waals surface area contributed by atoms with Gasteiger partial charge in [-0.3, -0.25) is 14.0 Å². The fourth-order valence-corrected chi connectivity index (χ4v) is 2.64. The van der Waals surface area contributed by atoms with Gasteiger partial charge in [-0.25, -0.2) is 4.98 Å². The van der Waals surface area contributed by atoms with Crippen LogP contribution in [0.4, 0.5) is 0 Å². The summed E-state index contributed by atoms with van der Waals surface area (Å²) in [5, 5.41) is 2.73. The third-order valence-corrected chi connectivity index (χ3v) is 3.94.